The summed E-state index contributed by atoms with van der Waals surface area (Å²) in [5.41, 5.74) is 1.23. The Morgan fingerprint density at radius 1 is 1.33 bits per heavy atom. The zero-order chi connectivity index (χ0) is 13.0. The van der Waals surface area contributed by atoms with Gasteiger partial charge in [0, 0.05) is 11.6 Å². The molecule has 1 N–H and O–H groups in total. The molecule has 0 radical (unpaired) electrons. The second-order valence-electron chi connectivity index (χ2n) is 5.40. The monoisotopic (exact) mass is 269 g/mol. The van der Waals surface area contributed by atoms with Gasteiger partial charge in [0.05, 0.1) is 0 Å². The molecule has 100 valence electrons. The van der Waals surface area contributed by atoms with E-state index >= 15 is 0 Å². The van der Waals surface area contributed by atoms with Crippen molar-refractivity contribution in [2.75, 3.05) is 13.1 Å². The van der Waals surface area contributed by atoms with Crippen LogP contribution in [0.15, 0.2) is 18.2 Å². The molecule has 3 heteroatoms. The van der Waals surface area contributed by atoms with E-state index in [0.29, 0.717) is 5.02 Å². The normalized spacial score (nSPS) is 18.2. The van der Waals surface area contributed by atoms with E-state index in [2.05, 4.69) is 12.2 Å². The Morgan fingerprint density at radius 2 is 2.06 bits per heavy atom. The lowest BCUT2D eigenvalue weighted by Gasteiger charge is -2.30. The van der Waals surface area contributed by atoms with Crippen molar-refractivity contribution in [2.45, 2.75) is 39.0 Å². The standard InChI is InChI=1S/C15H21ClFN/c1-2-18-11-15(7-3-4-8-15)10-12-9-13(17)5-6-14(12)16/h5-6,9,18H,2-4,7-8,10-11H2,1H3. The van der Waals surface area contributed by atoms with E-state index in [0.717, 1.165) is 25.1 Å². The molecule has 0 bridgehead atoms. The largest absolute Gasteiger partial charge is 0.316 e. The third kappa shape index (κ3) is 3.24. The van der Waals surface area contributed by atoms with Crippen LogP contribution in [0.3, 0.4) is 0 Å². The van der Waals surface area contributed by atoms with Crippen LogP contribution in [0.4, 0.5) is 4.39 Å². The van der Waals surface area contributed by atoms with Crippen molar-refractivity contribution in [3.05, 3.63) is 34.6 Å². The molecular formula is C15H21ClFN. The van der Waals surface area contributed by atoms with Crippen LogP contribution < -0.4 is 5.32 Å². The van der Waals surface area contributed by atoms with Gasteiger partial charge >= 0.3 is 0 Å². The maximum Gasteiger partial charge on any atom is 0.123 e. The minimum Gasteiger partial charge on any atom is -0.316 e. The number of benzene rings is 1. The third-order valence-corrected chi connectivity index (χ3v) is 4.36. The molecule has 0 aromatic heterocycles. The van der Waals surface area contributed by atoms with Crippen molar-refractivity contribution < 1.29 is 4.39 Å². The van der Waals surface area contributed by atoms with E-state index in [1.165, 1.54) is 31.7 Å². The summed E-state index contributed by atoms with van der Waals surface area (Å²) in [6, 6.07) is 4.69. The Balaban J connectivity index is 2.15. The number of rotatable bonds is 5. The first kappa shape index (κ1) is 13.8. The summed E-state index contributed by atoms with van der Waals surface area (Å²) in [4.78, 5) is 0. The fraction of sp³-hybridized carbons (Fsp3) is 0.600. The summed E-state index contributed by atoms with van der Waals surface area (Å²) in [6.07, 6.45) is 5.87. The van der Waals surface area contributed by atoms with E-state index in [1.807, 2.05) is 0 Å². The van der Waals surface area contributed by atoms with Gasteiger partial charge in [0.15, 0.2) is 0 Å². The molecule has 18 heavy (non-hydrogen) atoms. The summed E-state index contributed by atoms with van der Waals surface area (Å²) in [5, 5.41) is 4.14. The maximum absolute atomic E-state index is 13.3. The Kier molecular flexibility index (Phi) is 4.63. The van der Waals surface area contributed by atoms with Crippen molar-refractivity contribution >= 4 is 11.6 Å². The summed E-state index contributed by atoms with van der Waals surface area (Å²) in [6.45, 7) is 4.12. The molecule has 1 aliphatic carbocycles. The van der Waals surface area contributed by atoms with Gasteiger partial charge in [-0.05, 0) is 55.0 Å². The first-order valence-corrected chi connectivity index (χ1v) is 7.18. The van der Waals surface area contributed by atoms with Gasteiger partial charge in [0.25, 0.3) is 0 Å². The van der Waals surface area contributed by atoms with Gasteiger partial charge in [0.2, 0.25) is 0 Å². The van der Waals surface area contributed by atoms with E-state index in [1.54, 1.807) is 12.1 Å². The Bertz CT molecular complexity index is 399. The smallest absolute Gasteiger partial charge is 0.123 e. The number of hydrogen-bond acceptors (Lipinski definition) is 1. The molecule has 0 aliphatic heterocycles. The summed E-state index contributed by atoms with van der Waals surface area (Å²) in [7, 11) is 0. The Morgan fingerprint density at radius 3 is 2.72 bits per heavy atom. The average molecular weight is 270 g/mol. The highest BCUT2D eigenvalue weighted by molar-refractivity contribution is 6.31. The number of nitrogens with one attached hydrogen (secondary N) is 1. The molecule has 1 aliphatic rings. The fourth-order valence-electron chi connectivity index (χ4n) is 3.01. The van der Waals surface area contributed by atoms with Gasteiger partial charge in [-0.3, -0.25) is 0 Å². The predicted octanol–water partition coefficient (Wildman–Crippen LogP) is 4.19. The van der Waals surface area contributed by atoms with Crippen LogP contribution in [0.25, 0.3) is 0 Å². The number of halogens is 2. The highest BCUT2D eigenvalue weighted by Crippen LogP contribution is 2.41. The zero-order valence-corrected chi connectivity index (χ0v) is 11.7. The predicted molar refractivity (Wildman–Crippen MR) is 74.6 cm³/mol. The molecule has 0 saturated heterocycles. The lowest BCUT2D eigenvalue weighted by Crippen LogP contribution is -2.34. The molecular weight excluding hydrogens is 249 g/mol. The molecule has 0 spiro atoms. The lowest BCUT2D eigenvalue weighted by atomic mass is 9.80. The quantitative estimate of drug-likeness (QED) is 0.845. The fourth-order valence-corrected chi connectivity index (χ4v) is 3.20. The van der Waals surface area contributed by atoms with Gasteiger partial charge in [-0.2, -0.15) is 0 Å². The summed E-state index contributed by atoms with van der Waals surface area (Å²) in [5.74, 6) is -0.189. The molecule has 0 atom stereocenters. The van der Waals surface area contributed by atoms with Crippen LogP contribution >= 0.6 is 11.6 Å². The SMILES string of the molecule is CCNCC1(Cc2cc(F)ccc2Cl)CCCC1. The van der Waals surface area contributed by atoms with Crippen LogP contribution in [-0.4, -0.2) is 13.1 Å². The highest BCUT2D eigenvalue weighted by atomic mass is 35.5. The van der Waals surface area contributed by atoms with E-state index in [9.17, 15) is 4.39 Å². The first-order valence-electron chi connectivity index (χ1n) is 6.80. The lowest BCUT2D eigenvalue weighted by molar-refractivity contribution is 0.280. The first-order chi connectivity index (χ1) is 8.65. The summed E-state index contributed by atoms with van der Waals surface area (Å²) < 4.78 is 13.3. The molecule has 1 saturated carbocycles. The Hall–Kier alpha value is -0.600. The average Bonchev–Trinajstić information content (AvgIpc) is 2.80. The minimum absolute atomic E-state index is 0.189. The van der Waals surface area contributed by atoms with Crippen LogP contribution in [0.2, 0.25) is 5.02 Å². The van der Waals surface area contributed by atoms with E-state index in [-0.39, 0.29) is 11.2 Å². The van der Waals surface area contributed by atoms with E-state index in [4.69, 9.17) is 11.6 Å². The van der Waals surface area contributed by atoms with Gasteiger partial charge in [-0.15, -0.1) is 0 Å². The summed E-state index contributed by atoms with van der Waals surface area (Å²) >= 11 is 6.18. The maximum atomic E-state index is 13.3. The van der Waals surface area contributed by atoms with Gasteiger partial charge in [0.1, 0.15) is 5.82 Å². The second kappa shape index (κ2) is 6.03. The van der Waals surface area contributed by atoms with Crippen LogP contribution in [0.1, 0.15) is 38.2 Å². The van der Waals surface area contributed by atoms with Gasteiger partial charge in [-0.25, -0.2) is 4.39 Å². The third-order valence-electron chi connectivity index (χ3n) is 3.99. The topological polar surface area (TPSA) is 12.0 Å². The number of hydrogen-bond donors (Lipinski definition) is 1. The van der Waals surface area contributed by atoms with Crippen molar-refractivity contribution in [3.63, 3.8) is 0 Å². The van der Waals surface area contributed by atoms with Crippen LogP contribution in [0, 0.1) is 11.2 Å². The Labute approximate surface area is 114 Å². The molecule has 0 heterocycles. The second-order valence-corrected chi connectivity index (χ2v) is 5.81. The van der Waals surface area contributed by atoms with Crippen LogP contribution in [-0.2, 0) is 6.42 Å². The minimum atomic E-state index is -0.189. The highest BCUT2D eigenvalue weighted by Gasteiger charge is 2.34. The molecule has 1 fully saturated rings. The molecule has 0 amide bonds. The molecule has 1 aromatic rings. The van der Waals surface area contributed by atoms with E-state index < -0.39 is 0 Å². The van der Waals surface area contributed by atoms with Crippen molar-refractivity contribution in [3.8, 4) is 0 Å². The zero-order valence-electron chi connectivity index (χ0n) is 10.9. The van der Waals surface area contributed by atoms with Crippen molar-refractivity contribution in [2.24, 2.45) is 5.41 Å². The van der Waals surface area contributed by atoms with Gasteiger partial charge < -0.3 is 5.32 Å². The van der Waals surface area contributed by atoms with Gasteiger partial charge in [-0.1, -0.05) is 31.4 Å². The molecule has 1 aromatic carbocycles. The molecule has 1 nitrogen and oxygen atoms in total. The molecule has 2 rings (SSSR count). The van der Waals surface area contributed by atoms with Crippen LogP contribution in [0.5, 0.6) is 0 Å². The van der Waals surface area contributed by atoms with Crippen molar-refractivity contribution in [1.82, 2.24) is 5.32 Å². The molecule has 0 unspecified atom stereocenters. The van der Waals surface area contributed by atoms with Crippen molar-refractivity contribution in [1.29, 1.82) is 0 Å².